The van der Waals surface area contributed by atoms with Crippen LogP contribution in [0.5, 0.6) is 0 Å². The van der Waals surface area contributed by atoms with E-state index >= 15 is 0 Å². The van der Waals surface area contributed by atoms with Crippen LogP contribution >= 0.6 is 0 Å². The van der Waals surface area contributed by atoms with Crippen molar-refractivity contribution >= 4 is 11.9 Å². The molecule has 0 radical (unpaired) electrons. The maximum absolute atomic E-state index is 7.36. The molecule has 0 aromatic rings. The van der Waals surface area contributed by atoms with Gasteiger partial charge in [0.2, 0.25) is 0 Å². The topological polar surface area (TPSA) is 47.7 Å². The molecule has 0 saturated heterocycles. The SMILES string of the molecule is C=C(C)C(CCC=N)CC(C)=N. The monoisotopic (exact) mass is 166 g/mol. The fourth-order valence-corrected chi connectivity index (χ4v) is 1.18. The van der Waals surface area contributed by atoms with E-state index in [4.69, 9.17) is 10.8 Å². The fraction of sp³-hybridized carbons (Fsp3) is 0.600. The van der Waals surface area contributed by atoms with Gasteiger partial charge < -0.3 is 10.8 Å². The number of nitrogens with one attached hydrogen (secondary N) is 2. The van der Waals surface area contributed by atoms with Crippen LogP contribution in [0.1, 0.15) is 33.1 Å². The molecule has 2 nitrogen and oxygen atoms in total. The Morgan fingerprint density at radius 2 is 2.08 bits per heavy atom. The van der Waals surface area contributed by atoms with Crippen LogP contribution in [0.2, 0.25) is 0 Å². The first-order chi connectivity index (χ1) is 5.57. The van der Waals surface area contributed by atoms with Crippen LogP contribution in [0.4, 0.5) is 0 Å². The van der Waals surface area contributed by atoms with E-state index in [2.05, 4.69) is 6.58 Å². The molecule has 0 saturated carbocycles. The van der Waals surface area contributed by atoms with E-state index in [1.807, 2.05) is 13.8 Å². The Bertz CT molecular complexity index is 182. The zero-order valence-electron chi connectivity index (χ0n) is 7.98. The molecule has 1 atom stereocenters. The lowest BCUT2D eigenvalue weighted by molar-refractivity contribution is 0.597. The van der Waals surface area contributed by atoms with Crippen LogP contribution in [0.25, 0.3) is 0 Å². The smallest absolute Gasteiger partial charge is 0.00641 e. The average Bonchev–Trinajstić information content (AvgIpc) is 1.96. The molecule has 0 aliphatic heterocycles. The Morgan fingerprint density at radius 1 is 1.50 bits per heavy atom. The predicted octanol–water partition coefficient (Wildman–Crippen LogP) is 3.04. The van der Waals surface area contributed by atoms with Gasteiger partial charge in [0.15, 0.2) is 0 Å². The molecule has 0 fully saturated rings. The average molecular weight is 166 g/mol. The number of hydrogen-bond donors (Lipinski definition) is 2. The minimum Gasteiger partial charge on any atom is -0.313 e. The van der Waals surface area contributed by atoms with Crippen LogP contribution in [0, 0.1) is 16.7 Å². The first kappa shape index (κ1) is 11.1. The molecule has 0 bridgehead atoms. The van der Waals surface area contributed by atoms with Gasteiger partial charge in [-0.1, -0.05) is 12.2 Å². The molecule has 0 aliphatic rings. The Balaban J connectivity index is 3.94. The van der Waals surface area contributed by atoms with Crippen LogP contribution in [0.3, 0.4) is 0 Å². The van der Waals surface area contributed by atoms with E-state index < -0.39 is 0 Å². The number of allylic oxidation sites excluding steroid dienone is 1. The largest absolute Gasteiger partial charge is 0.313 e. The summed E-state index contributed by atoms with van der Waals surface area (Å²) < 4.78 is 0. The van der Waals surface area contributed by atoms with Gasteiger partial charge in [-0.05, 0) is 45.2 Å². The van der Waals surface area contributed by atoms with Gasteiger partial charge in [-0.15, -0.1) is 0 Å². The Morgan fingerprint density at radius 3 is 2.42 bits per heavy atom. The minimum absolute atomic E-state index is 0.393. The van der Waals surface area contributed by atoms with Crippen molar-refractivity contribution in [3.8, 4) is 0 Å². The van der Waals surface area contributed by atoms with E-state index in [-0.39, 0.29) is 0 Å². The lowest BCUT2D eigenvalue weighted by Crippen LogP contribution is -2.06. The number of hydrogen-bond acceptors (Lipinski definition) is 2. The lowest BCUT2D eigenvalue weighted by Gasteiger charge is -2.14. The second-order valence-corrected chi connectivity index (χ2v) is 3.31. The minimum atomic E-state index is 0.393. The second-order valence-electron chi connectivity index (χ2n) is 3.31. The molecule has 2 heteroatoms. The van der Waals surface area contributed by atoms with Crippen molar-refractivity contribution in [1.29, 1.82) is 10.8 Å². The van der Waals surface area contributed by atoms with Crippen LogP contribution in [-0.4, -0.2) is 11.9 Å². The van der Waals surface area contributed by atoms with Crippen LogP contribution in [-0.2, 0) is 0 Å². The zero-order chi connectivity index (χ0) is 9.56. The molecule has 0 rings (SSSR count). The maximum atomic E-state index is 7.36. The van der Waals surface area contributed by atoms with Crippen molar-refractivity contribution in [3.63, 3.8) is 0 Å². The molecule has 68 valence electrons. The van der Waals surface area contributed by atoms with Crippen molar-refractivity contribution in [2.45, 2.75) is 33.1 Å². The summed E-state index contributed by atoms with van der Waals surface area (Å²) in [6.07, 6.45) is 3.97. The predicted molar refractivity (Wildman–Crippen MR) is 54.3 cm³/mol. The van der Waals surface area contributed by atoms with Gasteiger partial charge in [0, 0.05) is 5.71 Å². The summed E-state index contributed by atoms with van der Waals surface area (Å²) in [5.41, 5.74) is 1.83. The molecular formula is C10H18N2. The standard InChI is InChI=1S/C10H18N2/c1-8(2)10(5-4-6-11)7-9(3)12/h6,10-12H,1,4-5,7H2,2-3H3. The second kappa shape index (κ2) is 5.70. The van der Waals surface area contributed by atoms with Gasteiger partial charge in [0.25, 0.3) is 0 Å². The van der Waals surface area contributed by atoms with Crippen molar-refractivity contribution in [2.75, 3.05) is 0 Å². The maximum Gasteiger partial charge on any atom is 0.00641 e. The van der Waals surface area contributed by atoms with Crippen molar-refractivity contribution in [1.82, 2.24) is 0 Å². The highest BCUT2D eigenvalue weighted by molar-refractivity contribution is 5.79. The van der Waals surface area contributed by atoms with Gasteiger partial charge in [0.05, 0.1) is 0 Å². The highest BCUT2D eigenvalue weighted by Gasteiger charge is 2.08. The molecule has 0 aromatic heterocycles. The van der Waals surface area contributed by atoms with E-state index in [0.717, 1.165) is 24.8 Å². The summed E-state index contributed by atoms with van der Waals surface area (Å²) in [6, 6.07) is 0. The van der Waals surface area contributed by atoms with E-state index in [9.17, 15) is 0 Å². The molecule has 1 unspecified atom stereocenters. The summed E-state index contributed by atoms with van der Waals surface area (Å²) in [5.74, 6) is 0.393. The summed E-state index contributed by atoms with van der Waals surface area (Å²) in [5, 5.41) is 14.3. The fourth-order valence-electron chi connectivity index (χ4n) is 1.18. The number of rotatable bonds is 6. The third-order valence-electron chi connectivity index (χ3n) is 1.91. The highest BCUT2D eigenvalue weighted by Crippen LogP contribution is 2.18. The zero-order valence-corrected chi connectivity index (χ0v) is 7.98. The van der Waals surface area contributed by atoms with Gasteiger partial charge in [-0.2, -0.15) is 0 Å². The van der Waals surface area contributed by atoms with Crippen LogP contribution in [0.15, 0.2) is 12.2 Å². The molecule has 0 amide bonds. The summed E-state index contributed by atoms with van der Waals surface area (Å²) in [4.78, 5) is 0. The van der Waals surface area contributed by atoms with E-state index in [1.54, 1.807) is 0 Å². The highest BCUT2D eigenvalue weighted by atomic mass is 14.4. The molecule has 0 aliphatic carbocycles. The summed E-state index contributed by atoms with van der Waals surface area (Å²) in [6.45, 7) is 7.71. The van der Waals surface area contributed by atoms with E-state index in [0.29, 0.717) is 11.6 Å². The summed E-state index contributed by atoms with van der Waals surface area (Å²) in [7, 11) is 0. The third kappa shape index (κ3) is 4.83. The molecular weight excluding hydrogens is 148 g/mol. The van der Waals surface area contributed by atoms with Gasteiger partial charge in [0.1, 0.15) is 0 Å². The van der Waals surface area contributed by atoms with Crippen molar-refractivity contribution in [2.24, 2.45) is 5.92 Å². The molecule has 0 heterocycles. The van der Waals surface area contributed by atoms with Crippen molar-refractivity contribution in [3.05, 3.63) is 12.2 Å². The Labute approximate surface area is 74.7 Å². The first-order valence-electron chi connectivity index (χ1n) is 4.26. The van der Waals surface area contributed by atoms with Crippen molar-refractivity contribution < 1.29 is 0 Å². The van der Waals surface area contributed by atoms with E-state index in [1.165, 1.54) is 6.21 Å². The molecule has 0 spiro atoms. The van der Waals surface area contributed by atoms with Gasteiger partial charge in [-0.3, -0.25) is 0 Å². The van der Waals surface area contributed by atoms with Gasteiger partial charge in [-0.25, -0.2) is 0 Å². The Hall–Kier alpha value is -0.920. The third-order valence-corrected chi connectivity index (χ3v) is 1.91. The summed E-state index contributed by atoms with van der Waals surface area (Å²) >= 11 is 0. The lowest BCUT2D eigenvalue weighted by atomic mass is 9.91. The molecule has 2 N–H and O–H groups in total. The normalized spacial score (nSPS) is 12.2. The molecule has 12 heavy (non-hydrogen) atoms. The van der Waals surface area contributed by atoms with Crippen LogP contribution < -0.4 is 0 Å². The first-order valence-corrected chi connectivity index (χ1v) is 4.26. The molecule has 0 aromatic carbocycles. The quantitative estimate of drug-likeness (QED) is 0.450. The Kier molecular flexibility index (Phi) is 5.26. The van der Waals surface area contributed by atoms with Gasteiger partial charge >= 0.3 is 0 Å².